The van der Waals surface area contributed by atoms with E-state index in [0.29, 0.717) is 29.6 Å². The summed E-state index contributed by atoms with van der Waals surface area (Å²) in [7, 11) is 0. The zero-order valence-corrected chi connectivity index (χ0v) is 16.7. The monoisotopic (exact) mass is 404 g/mol. The molecule has 0 saturated heterocycles. The minimum atomic E-state index is -0.661. The van der Waals surface area contributed by atoms with Crippen molar-refractivity contribution in [2.24, 2.45) is 0 Å². The molecule has 0 saturated carbocycles. The van der Waals surface area contributed by atoms with Gasteiger partial charge in [-0.3, -0.25) is 4.79 Å². The van der Waals surface area contributed by atoms with Gasteiger partial charge in [0.2, 0.25) is 5.82 Å². The second-order valence-electron chi connectivity index (χ2n) is 6.88. The van der Waals surface area contributed by atoms with Gasteiger partial charge in [0.05, 0.1) is 5.39 Å². The summed E-state index contributed by atoms with van der Waals surface area (Å²) < 4.78 is 11.8. The molecule has 4 rings (SSSR count). The van der Waals surface area contributed by atoms with Gasteiger partial charge in [0.25, 0.3) is 11.4 Å². The van der Waals surface area contributed by atoms with Gasteiger partial charge in [0, 0.05) is 17.5 Å². The van der Waals surface area contributed by atoms with Crippen LogP contribution in [-0.2, 0) is 17.9 Å². The number of esters is 1. The maximum absolute atomic E-state index is 12.7. The molecule has 2 aromatic heterocycles. The fraction of sp³-hybridized carbons (Fsp3) is 0.227. The molecule has 0 aliphatic rings. The predicted molar refractivity (Wildman–Crippen MR) is 110 cm³/mol. The molecule has 0 N–H and O–H groups in total. The molecule has 0 amide bonds. The summed E-state index contributed by atoms with van der Waals surface area (Å²) in [6.07, 6.45) is 0.712. The highest BCUT2D eigenvalue weighted by atomic mass is 16.6. The van der Waals surface area contributed by atoms with Crippen LogP contribution >= 0.6 is 0 Å². The number of ether oxygens (including phenoxy) is 1. The first-order valence-electron chi connectivity index (χ1n) is 9.63. The van der Waals surface area contributed by atoms with E-state index >= 15 is 0 Å². The molecular weight excluding hydrogens is 384 g/mol. The van der Waals surface area contributed by atoms with Gasteiger partial charge in [-0.2, -0.15) is 10.1 Å². The highest BCUT2D eigenvalue weighted by Crippen LogP contribution is 2.18. The number of rotatable bonds is 6. The number of aromatic nitrogens is 4. The fourth-order valence-electron chi connectivity index (χ4n) is 3.08. The van der Waals surface area contributed by atoms with Gasteiger partial charge in [-0.05, 0) is 19.4 Å². The summed E-state index contributed by atoms with van der Waals surface area (Å²) in [6.45, 7) is 4.14. The van der Waals surface area contributed by atoms with Gasteiger partial charge >= 0.3 is 5.97 Å². The third kappa shape index (κ3) is 3.84. The molecule has 2 heterocycles. The lowest BCUT2D eigenvalue weighted by Gasteiger charge is -2.09. The Morgan fingerprint density at radius 3 is 2.57 bits per heavy atom. The smallest absolute Gasteiger partial charge is 0.359 e. The van der Waals surface area contributed by atoms with Crippen molar-refractivity contribution in [1.29, 1.82) is 0 Å². The molecule has 152 valence electrons. The molecule has 0 spiro atoms. The van der Waals surface area contributed by atoms with Crippen LogP contribution in [0.15, 0.2) is 57.8 Å². The van der Waals surface area contributed by atoms with E-state index in [1.807, 2.05) is 38.1 Å². The molecule has 0 aliphatic heterocycles. The van der Waals surface area contributed by atoms with E-state index in [4.69, 9.17) is 9.26 Å². The van der Waals surface area contributed by atoms with Crippen LogP contribution < -0.4 is 5.56 Å². The molecule has 4 aromatic rings. The van der Waals surface area contributed by atoms with Crippen molar-refractivity contribution in [3.8, 4) is 11.4 Å². The standard InChI is InChI=1S/C22H20N4O4/c1-3-12-26-21(27)17-7-5-4-6-16(17)19(24-26)22(28)29-13-18-23-20(25-30-18)15-10-8-14(2)9-11-15/h4-11H,3,12-13H2,1-2H3. The second-order valence-corrected chi connectivity index (χ2v) is 6.88. The summed E-state index contributed by atoms with van der Waals surface area (Å²) in [6, 6.07) is 14.5. The molecule has 0 radical (unpaired) electrons. The fourth-order valence-corrected chi connectivity index (χ4v) is 3.08. The third-order valence-electron chi connectivity index (χ3n) is 4.60. The van der Waals surface area contributed by atoms with E-state index in [2.05, 4.69) is 15.2 Å². The van der Waals surface area contributed by atoms with Crippen LogP contribution in [0.5, 0.6) is 0 Å². The van der Waals surface area contributed by atoms with Crippen molar-refractivity contribution >= 4 is 16.7 Å². The van der Waals surface area contributed by atoms with Gasteiger partial charge in [0.1, 0.15) is 0 Å². The molecule has 30 heavy (non-hydrogen) atoms. The maximum atomic E-state index is 12.7. The summed E-state index contributed by atoms with van der Waals surface area (Å²) in [5.74, 6) is -0.0719. The Morgan fingerprint density at radius 2 is 1.83 bits per heavy atom. The lowest BCUT2D eigenvalue weighted by molar-refractivity contribution is 0.0422. The van der Waals surface area contributed by atoms with Crippen LogP contribution in [0.1, 0.15) is 35.3 Å². The van der Waals surface area contributed by atoms with E-state index in [1.54, 1.807) is 24.3 Å². The molecule has 0 fully saturated rings. The second kappa shape index (κ2) is 8.28. The number of carbonyl (C=O) groups is 1. The lowest BCUT2D eigenvalue weighted by atomic mass is 10.1. The Labute approximate surface area is 172 Å². The molecule has 0 aliphatic carbocycles. The Balaban J connectivity index is 1.56. The number of benzene rings is 2. The highest BCUT2D eigenvalue weighted by molar-refractivity contribution is 6.02. The van der Waals surface area contributed by atoms with Crippen LogP contribution in [0.2, 0.25) is 0 Å². The highest BCUT2D eigenvalue weighted by Gasteiger charge is 2.19. The van der Waals surface area contributed by atoms with Crippen molar-refractivity contribution in [1.82, 2.24) is 19.9 Å². The third-order valence-corrected chi connectivity index (χ3v) is 4.60. The quantitative estimate of drug-likeness (QED) is 0.453. The average Bonchev–Trinajstić information content (AvgIpc) is 3.24. The van der Waals surface area contributed by atoms with Gasteiger partial charge in [0.15, 0.2) is 12.3 Å². The predicted octanol–water partition coefficient (Wildman–Crippen LogP) is 3.52. The number of nitrogens with zero attached hydrogens (tertiary/aromatic N) is 4. The molecule has 0 unspecified atom stereocenters. The molecule has 0 bridgehead atoms. The summed E-state index contributed by atoms with van der Waals surface area (Å²) in [5.41, 5.74) is 1.78. The van der Waals surface area contributed by atoms with Crippen molar-refractivity contribution in [3.05, 3.63) is 76.0 Å². The normalized spacial score (nSPS) is 11.0. The van der Waals surface area contributed by atoms with E-state index in [-0.39, 0.29) is 23.8 Å². The summed E-state index contributed by atoms with van der Waals surface area (Å²) in [4.78, 5) is 29.5. The number of fused-ring (bicyclic) bond motifs is 1. The first-order chi connectivity index (χ1) is 14.6. The Bertz CT molecular complexity index is 1260. The topological polar surface area (TPSA) is 100 Å². The van der Waals surface area contributed by atoms with E-state index in [9.17, 15) is 9.59 Å². The molecule has 0 atom stereocenters. The first kappa shape index (κ1) is 19.5. The average molecular weight is 404 g/mol. The Hall–Kier alpha value is -3.81. The molecule has 2 aromatic carbocycles. The van der Waals surface area contributed by atoms with Gasteiger partial charge in [-0.1, -0.05) is 60.1 Å². The number of hydrogen-bond donors (Lipinski definition) is 0. The van der Waals surface area contributed by atoms with Gasteiger partial charge in [-0.25, -0.2) is 9.48 Å². The zero-order valence-electron chi connectivity index (χ0n) is 16.7. The van der Waals surface area contributed by atoms with Crippen LogP contribution in [0, 0.1) is 6.92 Å². The van der Waals surface area contributed by atoms with E-state index in [0.717, 1.165) is 11.1 Å². The summed E-state index contributed by atoms with van der Waals surface area (Å²) in [5, 5.41) is 9.03. The van der Waals surface area contributed by atoms with Crippen LogP contribution in [-0.4, -0.2) is 25.9 Å². The van der Waals surface area contributed by atoms with Crippen molar-refractivity contribution < 1.29 is 14.1 Å². The zero-order chi connectivity index (χ0) is 21.1. The van der Waals surface area contributed by atoms with Crippen LogP contribution in [0.25, 0.3) is 22.2 Å². The largest absolute Gasteiger partial charge is 0.451 e. The van der Waals surface area contributed by atoms with Crippen LogP contribution in [0.4, 0.5) is 0 Å². The molecule has 8 nitrogen and oxygen atoms in total. The van der Waals surface area contributed by atoms with Crippen molar-refractivity contribution in [2.45, 2.75) is 33.4 Å². The Kier molecular flexibility index (Phi) is 5.38. The number of hydrogen-bond acceptors (Lipinski definition) is 7. The minimum absolute atomic E-state index is 0.0805. The Morgan fingerprint density at radius 1 is 1.10 bits per heavy atom. The number of aryl methyl sites for hydroxylation is 2. The number of carbonyl (C=O) groups excluding carboxylic acids is 1. The van der Waals surface area contributed by atoms with E-state index < -0.39 is 5.97 Å². The SMILES string of the molecule is CCCn1nc(C(=O)OCc2nc(-c3ccc(C)cc3)no2)c2ccccc2c1=O. The first-order valence-corrected chi connectivity index (χ1v) is 9.63. The molecular formula is C22H20N4O4. The maximum Gasteiger partial charge on any atom is 0.359 e. The molecule has 8 heteroatoms. The van der Waals surface area contributed by atoms with Crippen molar-refractivity contribution in [3.63, 3.8) is 0 Å². The van der Waals surface area contributed by atoms with Crippen LogP contribution in [0.3, 0.4) is 0 Å². The van der Waals surface area contributed by atoms with Gasteiger partial charge in [-0.15, -0.1) is 0 Å². The van der Waals surface area contributed by atoms with Gasteiger partial charge < -0.3 is 9.26 Å². The minimum Gasteiger partial charge on any atom is -0.451 e. The van der Waals surface area contributed by atoms with Crippen molar-refractivity contribution in [2.75, 3.05) is 0 Å². The van der Waals surface area contributed by atoms with E-state index in [1.165, 1.54) is 4.68 Å². The summed E-state index contributed by atoms with van der Waals surface area (Å²) >= 11 is 0. The lowest BCUT2D eigenvalue weighted by Crippen LogP contribution is -2.26.